The van der Waals surface area contributed by atoms with Crippen LogP contribution in [0, 0.1) is 17.7 Å². The lowest BCUT2D eigenvalue weighted by Gasteiger charge is -2.09. The standard InChI is InChI=1S/C27H22F4O/c1-2-3-4-5-18-8-11-23-21(14-18)17-22-15-19(9-12-24(22)23)6-7-20-10-13-26(25(28)16-20)32-27(29,30)31/h8-16H,2-5,17H2,1H3. The van der Waals surface area contributed by atoms with E-state index in [2.05, 4.69) is 41.7 Å². The third-order valence-corrected chi connectivity index (χ3v) is 5.52. The highest BCUT2D eigenvalue weighted by Crippen LogP contribution is 2.37. The maximum Gasteiger partial charge on any atom is 0.573 e. The van der Waals surface area contributed by atoms with Gasteiger partial charge in [0.15, 0.2) is 11.6 Å². The predicted molar refractivity (Wildman–Crippen MR) is 117 cm³/mol. The van der Waals surface area contributed by atoms with Gasteiger partial charge in [0.25, 0.3) is 0 Å². The molecule has 4 rings (SSSR count). The number of hydrogen-bond donors (Lipinski definition) is 0. The average molecular weight is 438 g/mol. The molecule has 3 aromatic carbocycles. The molecule has 0 fully saturated rings. The van der Waals surface area contributed by atoms with E-state index in [0.29, 0.717) is 0 Å². The fourth-order valence-electron chi connectivity index (χ4n) is 4.01. The molecule has 0 amide bonds. The number of alkyl halides is 3. The Morgan fingerprint density at radius 2 is 1.50 bits per heavy atom. The quantitative estimate of drug-likeness (QED) is 0.179. The second-order valence-electron chi connectivity index (χ2n) is 7.94. The van der Waals surface area contributed by atoms with Crippen molar-refractivity contribution in [1.82, 2.24) is 0 Å². The van der Waals surface area contributed by atoms with Crippen molar-refractivity contribution >= 4 is 0 Å². The fourth-order valence-corrected chi connectivity index (χ4v) is 4.01. The average Bonchev–Trinajstić information content (AvgIpc) is 3.10. The van der Waals surface area contributed by atoms with Crippen molar-refractivity contribution in [2.75, 3.05) is 0 Å². The highest BCUT2D eigenvalue weighted by molar-refractivity contribution is 5.77. The van der Waals surface area contributed by atoms with Gasteiger partial charge in [0, 0.05) is 11.1 Å². The minimum atomic E-state index is -4.94. The summed E-state index contributed by atoms with van der Waals surface area (Å²) in [5.74, 6) is 3.82. The Balaban J connectivity index is 1.50. The van der Waals surface area contributed by atoms with Crippen LogP contribution in [0.5, 0.6) is 5.75 Å². The van der Waals surface area contributed by atoms with Gasteiger partial charge in [0.1, 0.15) is 0 Å². The van der Waals surface area contributed by atoms with E-state index < -0.39 is 17.9 Å². The molecule has 1 aliphatic carbocycles. The second-order valence-corrected chi connectivity index (χ2v) is 7.94. The fraction of sp³-hybridized carbons (Fsp3) is 0.259. The third kappa shape index (κ3) is 5.13. The van der Waals surface area contributed by atoms with Gasteiger partial charge in [-0.15, -0.1) is 13.2 Å². The maximum absolute atomic E-state index is 13.9. The van der Waals surface area contributed by atoms with Crippen LogP contribution in [-0.4, -0.2) is 6.36 Å². The minimum Gasteiger partial charge on any atom is -0.403 e. The Morgan fingerprint density at radius 3 is 2.19 bits per heavy atom. The smallest absolute Gasteiger partial charge is 0.403 e. The second kappa shape index (κ2) is 9.08. The minimum absolute atomic E-state index is 0.275. The van der Waals surface area contributed by atoms with E-state index in [-0.39, 0.29) is 5.56 Å². The van der Waals surface area contributed by atoms with Crippen molar-refractivity contribution in [3.63, 3.8) is 0 Å². The molecule has 1 aliphatic rings. The van der Waals surface area contributed by atoms with E-state index in [1.165, 1.54) is 53.1 Å². The third-order valence-electron chi connectivity index (χ3n) is 5.52. The van der Waals surface area contributed by atoms with Gasteiger partial charge in [0.2, 0.25) is 0 Å². The van der Waals surface area contributed by atoms with E-state index in [4.69, 9.17) is 0 Å². The Hall–Kier alpha value is -3.26. The van der Waals surface area contributed by atoms with E-state index in [1.807, 2.05) is 18.2 Å². The first-order valence-electron chi connectivity index (χ1n) is 10.6. The number of fused-ring (bicyclic) bond motifs is 3. The molecule has 0 unspecified atom stereocenters. The van der Waals surface area contributed by atoms with Crippen LogP contribution in [0.2, 0.25) is 0 Å². The molecule has 164 valence electrons. The molecule has 0 bridgehead atoms. The Bertz CT molecular complexity index is 1200. The van der Waals surface area contributed by atoms with Crippen LogP contribution in [0.4, 0.5) is 17.6 Å². The highest BCUT2D eigenvalue weighted by Gasteiger charge is 2.32. The van der Waals surface area contributed by atoms with Crippen LogP contribution < -0.4 is 4.74 Å². The molecule has 0 spiro atoms. The summed E-state index contributed by atoms with van der Waals surface area (Å²) in [5, 5.41) is 0. The zero-order valence-corrected chi connectivity index (χ0v) is 17.7. The van der Waals surface area contributed by atoms with Crippen molar-refractivity contribution in [3.8, 4) is 28.7 Å². The van der Waals surface area contributed by atoms with Crippen LogP contribution in [0.3, 0.4) is 0 Å². The molecule has 0 aliphatic heterocycles. The number of hydrogen-bond acceptors (Lipinski definition) is 1. The van der Waals surface area contributed by atoms with Crippen molar-refractivity contribution in [1.29, 1.82) is 0 Å². The SMILES string of the molecule is CCCCCc1ccc2c(c1)Cc1cc(C#Cc3ccc(OC(F)(F)F)c(F)c3)ccc1-2. The van der Waals surface area contributed by atoms with Gasteiger partial charge in [-0.25, -0.2) is 4.39 Å². The summed E-state index contributed by atoms with van der Waals surface area (Å²) < 4.78 is 54.3. The number of ether oxygens (including phenoxy) is 1. The first-order chi connectivity index (χ1) is 15.3. The van der Waals surface area contributed by atoms with E-state index >= 15 is 0 Å². The van der Waals surface area contributed by atoms with Gasteiger partial charge < -0.3 is 4.74 Å². The molecule has 0 saturated heterocycles. The van der Waals surface area contributed by atoms with Gasteiger partial charge in [0.05, 0.1) is 0 Å². The normalized spacial score (nSPS) is 12.0. The van der Waals surface area contributed by atoms with Gasteiger partial charge in [-0.3, -0.25) is 0 Å². The zero-order chi connectivity index (χ0) is 22.7. The number of halogens is 4. The molecular weight excluding hydrogens is 416 g/mol. The van der Waals surface area contributed by atoms with Crippen LogP contribution in [0.1, 0.15) is 54.0 Å². The van der Waals surface area contributed by atoms with Gasteiger partial charge in [-0.05, 0) is 77.4 Å². The summed E-state index contributed by atoms with van der Waals surface area (Å²) in [6.07, 6.45) is 0.648. The van der Waals surface area contributed by atoms with Gasteiger partial charge in [-0.2, -0.15) is 0 Å². The van der Waals surface area contributed by atoms with E-state index in [0.717, 1.165) is 30.5 Å². The van der Waals surface area contributed by atoms with E-state index in [1.54, 1.807) is 0 Å². The number of unbranched alkanes of at least 4 members (excludes halogenated alkanes) is 2. The first kappa shape index (κ1) is 22.0. The molecule has 0 aromatic heterocycles. The summed E-state index contributed by atoms with van der Waals surface area (Å²) in [7, 11) is 0. The summed E-state index contributed by atoms with van der Waals surface area (Å²) in [6.45, 7) is 2.20. The Labute approximate surface area is 185 Å². The molecule has 5 heteroatoms. The van der Waals surface area contributed by atoms with Crippen molar-refractivity contribution in [3.05, 3.63) is 88.2 Å². The van der Waals surface area contributed by atoms with Crippen LogP contribution in [0.15, 0.2) is 54.6 Å². The van der Waals surface area contributed by atoms with Crippen molar-refractivity contribution in [2.24, 2.45) is 0 Å². The Kier molecular flexibility index (Phi) is 6.23. The molecule has 3 aromatic rings. The largest absolute Gasteiger partial charge is 0.573 e. The summed E-state index contributed by atoms with van der Waals surface area (Å²) in [5.41, 5.74) is 7.38. The molecule has 0 N–H and O–H groups in total. The predicted octanol–water partition coefficient (Wildman–Crippen LogP) is 7.43. The van der Waals surface area contributed by atoms with Gasteiger partial charge in [-0.1, -0.05) is 55.9 Å². The number of rotatable bonds is 5. The lowest BCUT2D eigenvalue weighted by atomic mass is 10.00. The van der Waals surface area contributed by atoms with Gasteiger partial charge >= 0.3 is 6.36 Å². The monoisotopic (exact) mass is 438 g/mol. The molecule has 0 radical (unpaired) electrons. The maximum atomic E-state index is 13.9. The summed E-state index contributed by atoms with van der Waals surface area (Å²) >= 11 is 0. The zero-order valence-electron chi connectivity index (χ0n) is 17.7. The van der Waals surface area contributed by atoms with Crippen molar-refractivity contribution in [2.45, 2.75) is 45.4 Å². The van der Waals surface area contributed by atoms with Crippen LogP contribution in [0.25, 0.3) is 11.1 Å². The summed E-state index contributed by atoms with van der Waals surface area (Å²) in [6, 6.07) is 15.9. The lowest BCUT2D eigenvalue weighted by molar-refractivity contribution is -0.275. The highest BCUT2D eigenvalue weighted by atomic mass is 19.4. The van der Waals surface area contributed by atoms with E-state index in [9.17, 15) is 17.6 Å². The topological polar surface area (TPSA) is 9.23 Å². The molecule has 0 saturated carbocycles. The van der Waals surface area contributed by atoms with Crippen LogP contribution >= 0.6 is 0 Å². The number of aryl methyl sites for hydroxylation is 1. The molecule has 0 heterocycles. The Morgan fingerprint density at radius 1 is 0.844 bits per heavy atom. The lowest BCUT2D eigenvalue weighted by Crippen LogP contribution is -2.17. The molecule has 0 atom stereocenters. The first-order valence-corrected chi connectivity index (χ1v) is 10.6. The van der Waals surface area contributed by atoms with Crippen LogP contribution in [-0.2, 0) is 12.8 Å². The molecular formula is C27H22F4O. The molecule has 1 nitrogen and oxygen atoms in total. The summed E-state index contributed by atoms with van der Waals surface area (Å²) in [4.78, 5) is 0. The van der Waals surface area contributed by atoms with Crippen molar-refractivity contribution < 1.29 is 22.3 Å². The molecule has 32 heavy (non-hydrogen) atoms. The number of benzene rings is 3.